The number of nitrogens with one attached hydrogen (secondary N) is 1. The first-order chi connectivity index (χ1) is 14.3. The minimum atomic E-state index is -5.08. The molecule has 8 nitrogen and oxygen atoms in total. The van der Waals surface area contributed by atoms with Crippen molar-refractivity contribution < 1.29 is 23.1 Å². The largest absolute Gasteiger partial charge is 0.490 e. The van der Waals surface area contributed by atoms with Crippen molar-refractivity contribution in [1.82, 2.24) is 24.7 Å². The standard InChI is InChI=1S/C17H18N6.C2HF3O2/c18-7-5-15(12-3-1-2-4-12)23-10-13(9-22-23)16-14-6-8-19-17(14)21-11-20-16;3-2(4,5)1(6)7/h6,8-12,15H,1-5H2,(H,19,20,21);(H,6,7)/t15-;/m1./s1. The van der Waals surface area contributed by atoms with E-state index in [-0.39, 0.29) is 6.04 Å². The molecular weight excluding hydrogens is 401 g/mol. The van der Waals surface area contributed by atoms with E-state index < -0.39 is 12.1 Å². The van der Waals surface area contributed by atoms with E-state index in [2.05, 4.69) is 26.1 Å². The second kappa shape index (κ2) is 8.94. The first kappa shape index (κ1) is 21.3. The molecule has 1 aliphatic carbocycles. The molecule has 1 fully saturated rings. The summed E-state index contributed by atoms with van der Waals surface area (Å²) in [5.41, 5.74) is 2.68. The average Bonchev–Trinajstić information content (AvgIpc) is 3.47. The molecule has 0 bridgehead atoms. The molecule has 30 heavy (non-hydrogen) atoms. The van der Waals surface area contributed by atoms with Crippen LogP contribution in [0.15, 0.2) is 31.0 Å². The van der Waals surface area contributed by atoms with E-state index in [4.69, 9.17) is 9.90 Å². The van der Waals surface area contributed by atoms with Crippen molar-refractivity contribution >= 4 is 17.0 Å². The third-order valence-corrected chi connectivity index (χ3v) is 5.06. The minimum absolute atomic E-state index is 0.166. The van der Waals surface area contributed by atoms with Crippen LogP contribution >= 0.6 is 0 Å². The summed E-state index contributed by atoms with van der Waals surface area (Å²) in [6, 6.07) is 4.47. The van der Waals surface area contributed by atoms with Crippen molar-refractivity contribution in [1.29, 1.82) is 5.26 Å². The fourth-order valence-electron chi connectivity index (χ4n) is 3.66. The monoisotopic (exact) mass is 420 g/mol. The molecule has 0 amide bonds. The van der Waals surface area contributed by atoms with E-state index in [1.807, 2.05) is 29.3 Å². The predicted molar refractivity (Wildman–Crippen MR) is 100 cm³/mol. The Hall–Kier alpha value is -3.42. The van der Waals surface area contributed by atoms with E-state index in [0.29, 0.717) is 12.3 Å². The third kappa shape index (κ3) is 4.76. The van der Waals surface area contributed by atoms with Crippen molar-refractivity contribution in [2.45, 2.75) is 44.3 Å². The van der Waals surface area contributed by atoms with Crippen LogP contribution in [-0.4, -0.2) is 42.0 Å². The van der Waals surface area contributed by atoms with Gasteiger partial charge in [0.15, 0.2) is 0 Å². The number of carboxylic acids is 1. The number of H-pyrrole nitrogens is 1. The molecule has 0 aliphatic heterocycles. The van der Waals surface area contributed by atoms with Gasteiger partial charge < -0.3 is 10.1 Å². The number of nitriles is 1. The lowest BCUT2D eigenvalue weighted by Crippen LogP contribution is -2.21. The van der Waals surface area contributed by atoms with Crippen LogP contribution in [0.1, 0.15) is 38.1 Å². The highest BCUT2D eigenvalue weighted by molar-refractivity contribution is 5.89. The Kier molecular flexibility index (Phi) is 6.34. The molecule has 1 aliphatic rings. The van der Waals surface area contributed by atoms with Crippen LogP contribution < -0.4 is 0 Å². The van der Waals surface area contributed by atoms with Crippen molar-refractivity contribution in [2.24, 2.45) is 5.92 Å². The molecule has 3 heterocycles. The Morgan fingerprint density at radius 2 is 2.07 bits per heavy atom. The smallest absolute Gasteiger partial charge is 0.475 e. The summed E-state index contributed by atoms with van der Waals surface area (Å²) < 4.78 is 33.7. The van der Waals surface area contributed by atoms with Crippen LogP contribution in [0, 0.1) is 17.2 Å². The van der Waals surface area contributed by atoms with E-state index >= 15 is 0 Å². The number of carbonyl (C=O) groups is 1. The van der Waals surface area contributed by atoms with Gasteiger partial charge in [0.2, 0.25) is 0 Å². The molecule has 0 aromatic carbocycles. The summed E-state index contributed by atoms with van der Waals surface area (Å²) in [4.78, 5) is 20.6. The maximum atomic E-state index is 10.6. The quantitative estimate of drug-likeness (QED) is 0.656. The number of rotatable bonds is 4. The number of fused-ring (bicyclic) bond motifs is 1. The number of alkyl halides is 3. The Bertz CT molecular complexity index is 1050. The van der Waals surface area contributed by atoms with Crippen molar-refractivity contribution in [3.05, 3.63) is 31.0 Å². The van der Waals surface area contributed by atoms with Crippen molar-refractivity contribution in [3.63, 3.8) is 0 Å². The van der Waals surface area contributed by atoms with Gasteiger partial charge >= 0.3 is 12.1 Å². The summed E-state index contributed by atoms with van der Waals surface area (Å²) in [6.45, 7) is 0. The molecular formula is C19H19F3N6O2. The first-order valence-electron chi connectivity index (χ1n) is 9.31. The highest BCUT2D eigenvalue weighted by atomic mass is 19.4. The van der Waals surface area contributed by atoms with Gasteiger partial charge in [0.1, 0.15) is 12.0 Å². The van der Waals surface area contributed by atoms with Gasteiger partial charge in [-0.1, -0.05) is 12.8 Å². The highest BCUT2D eigenvalue weighted by Gasteiger charge is 2.38. The third-order valence-electron chi connectivity index (χ3n) is 5.06. The van der Waals surface area contributed by atoms with E-state index in [1.54, 1.807) is 6.33 Å². The SMILES string of the molecule is N#CC[C@H](C1CCCC1)n1cc(-c2ncnc3[nH]ccc23)cn1.O=C(O)C(F)(F)F. The van der Waals surface area contributed by atoms with Gasteiger partial charge in [-0.15, -0.1) is 0 Å². The highest BCUT2D eigenvalue weighted by Crippen LogP contribution is 2.36. The van der Waals surface area contributed by atoms with Gasteiger partial charge in [0, 0.05) is 23.3 Å². The van der Waals surface area contributed by atoms with E-state index in [0.717, 1.165) is 22.3 Å². The number of aliphatic carboxylic acids is 1. The zero-order chi connectivity index (χ0) is 21.7. The number of nitrogens with zero attached hydrogens (tertiary/aromatic N) is 5. The molecule has 3 aromatic rings. The molecule has 3 aromatic heterocycles. The fraction of sp³-hybridized carbons (Fsp3) is 0.421. The van der Waals surface area contributed by atoms with Crippen LogP contribution in [0.25, 0.3) is 22.3 Å². The number of aromatic amines is 1. The number of hydrogen-bond acceptors (Lipinski definition) is 5. The van der Waals surface area contributed by atoms with Gasteiger partial charge in [-0.2, -0.15) is 23.5 Å². The molecule has 0 spiro atoms. The molecule has 1 atom stereocenters. The normalized spacial score (nSPS) is 15.4. The summed E-state index contributed by atoms with van der Waals surface area (Å²) in [5.74, 6) is -2.20. The van der Waals surface area contributed by atoms with E-state index in [1.165, 1.54) is 25.7 Å². The molecule has 158 valence electrons. The second-order valence-electron chi connectivity index (χ2n) is 6.95. The average molecular weight is 420 g/mol. The summed E-state index contributed by atoms with van der Waals surface area (Å²) in [7, 11) is 0. The van der Waals surface area contributed by atoms with Gasteiger partial charge in [-0.05, 0) is 24.8 Å². The second-order valence-corrected chi connectivity index (χ2v) is 6.95. The maximum Gasteiger partial charge on any atom is 0.490 e. The van der Waals surface area contributed by atoms with Crippen LogP contribution in [0.2, 0.25) is 0 Å². The van der Waals surface area contributed by atoms with Gasteiger partial charge in [0.25, 0.3) is 0 Å². The Balaban J connectivity index is 0.000000318. The zero-order valence-corrected chi connectivity index (χ0v) is 15.8. The zero-order valence-electron chi connectivity index (χ0n) is 15.8. The fourth-order valence-corrected chi connectivity index (χ4v) is 3.66. The van der Waals surface area contributed by atoms with Crippen LogP contribution in [0.3, 0.4) is 0 Å². The number of halogens is 3. The molecule has 1 saturated carbocycles. The molecule has 0 radical (unpaired) electrons. The predicted octanol–water partition coefficient (Wildman–Crippen LogP) is 4.10. The van der Waals surface area contributed by atoms with Gasteiger partial charge in [0.05, 0.1) is 30.4 Å². The molecule has 4 rings (SSSR count). The Labute approximate surface area is 169 Å². The number of hydrogen-bond donors (Lipinski definition) is 2. The molecule has 0 saturated heterocycles. The molecule has 11 heteroatoms. The number of aromatic nitrogens is 5. The van der Waals surface area contributed by atoms with Gasteiger partial charge in [-0.25, -0.2) is 14.8 Å². The topological polar surface area (TPSA) is 120 Å². The maximum absolute atomic E-state index is 10.6. The number of carboxylic acid groups (broad SMARTS) is 1. The molecule has 2 N–H and O–H groups in total. The Morgan fingerprint density at radius 1 is 1.37 bits per heavy atom. The first-order valence-corrected chi connectivity index (χ1v) is 9.31. The lowest BCUT2D eigenvalue weighted by molar-refractivity contribution is -0.192. The van der Waals surface area contributed by atoms with Crippen molar-refractivity contribution in [2.75, 3.05) is 0 Å². The van der Waals surface area contributed by atoms with Crippen LogP contribution in [0.5, 0.6) is 0 Å². The van der Waals surface area contributed by atoms with Crippen molar-refractivity contribution in [3.8, 4) is 17.3 Å². The lowest BCUT2D eigenvalue weighted by atomic mass is 9.96. The summed E-state index contributed by atoms with van der Waals surface area (Å²) in [6.07, 6.45) is 7.62. The Morgan fingerprint density at radius 3 is 2.70 bits per heavy atom. The molecule has 0 unspecified atom stereocenters. The van der Waals surface area contributed by atoms with Crippen LogP contribution in [-0.2, 0) is 4.79 Å². The van der Waals surface area contributed by atoms with Gasteiger partial charge in [-0.3, -0.25) is 4.68 Å². The minimum Gasteiger partial charge on any atom is -0.475 e. The lowest BCUT2D eigenvalue weighted by Gasteiger charge is -2.21. The van der Waals surface area contributed by atoms with Crippen LogP contribution in [0.4, 0.5) is 13.2 Å². The summed E-state index contributed by atoms with van der Waals surface area (Å²) >= 11 is 0. The van der Waals surface area contributed by atoms with E-state index in [9.17, 15) is 18.4 Å². The summed E-state index contributed by atoms with van der Waals surface area (Å²) in [5, 5.41) is 21.8.